The van der Waals surface area contributed by atoms with E-state index in [0.717, 1.165) is 10.9 Å². The first kappa shape index (κ1) is 15.9. The molecule has 3 nitrogen and oxygen atoms in total. The maximum Gasteiger partial charge on any atom is 0.244 e. The molecule has 0 rings (SSSR count). The van der Waals surface area contributed by atoms with Crippen molar-refractivity contribution < 1.29 is 21.7 Å². The predicted molar refractivity (Wildman–Crippen MR) is 55.1 cm³/mol. The molecule has 0 aromatic heterocycles. The third-order valence-corrected chi connectivity index (χ3v) is 2.24. The second-order valence-electron chi connectivity index (χ2n) is 4.31. The van der Waals surface area contributed by atoms with Crippen LogP contribution in [0.1, 0.15) is 20.3 Å². The highest BCUT2D eigenvalue weighted by Gasteiger charge is 2.19. The summed E-state index contributed by atoms with van der Waals surface area (Å²) in [5.74, 6) is -0.327. The van der Waals surface area contributed by atoms with E-state index in [-0.39, 0.29) is 18.3 Å². The van der Waals surface area contributed by atoms with Gasteiger partial charge in [-0.3, -0.25) is 4.79 Å². The Labute approximate surface area is 93.0 Å². The second kappa shape index (κ2) is 6.04. The SMILES string of the molecule is CCC(C=C(C)C(N)=O)[N+](C)(C)C.[Cl-]. The molecular formula is C10H21ClN2O. The van der Waals surface area contributed by atoms with Crippen molar-refractivity contribution in [2.45, 2.75) is 26.3 Å². The van der Waals surface area contributed by atoms with Crippen molar-refractivity contribution in [1.29, 1.82) is 0 Å². The first-order valence-electron chi connectivity index (χ1n) is 4.58. The van der Waals surface area contributed by atoms with E-state index in [4.69, 9.17) is 5.73 Å². The van der Waals surface area contributed by atoms with E-state index in [1.807, 2.05) is 6.08 Å². The van der Waals surface area contributed by atoms with Crippen LogP contribution in [0.2, 0.25) is 0 Å². The number of carbonyl (C=O) groups excluding carboxylic acids is 1. The van der Waals surface area contributed by atoms with Gasteiger partial charge in [0.1, 0.15) is 6.04 Å². The lowest BCUT2D eigenvalue weighted by Gasteiger charge is -2.31. The maximum atomic E-state index is 10.8. The number of nitrogens with zero attached hydrogens (tertiary/aromatic N) is 1. The molecule has 0 fully saturated rings. The lowest BCUT2D eigenvalue weighted by molar-refractivity contribution is -0.889. The van der Waals surface area contributed by atoms with Gasteiger partial charge in [-0.15, -0.1) is 0 Å². The third-order valence-electron chi connectivity index (χ3n) is 2.24. The number of likely N-dealkylation sites (N-methyl/N-ethyl adjacent to an activating group) is 1. The summed E-state index contributed by atoms with van der Waals surface area (Å²) in [6.45, 7) is 3.87. The zero-order valence-corrected chi connectivity index (χ0v) is 10.4. The largest absolute Gasteiger partial charge is 1.00 e. The molecule has 0 aromatic carbocycles. The van der Waals surface area contributed by atoms with Crippen LogP contribution in [0.3, 0.4) is 0 Å². The van der Waals surface area contributed by atoms with E-state index in [0.29, 0.717) is 11.6 Å². The number of carbonyl (C=O) groups is 1. The van der Waals surface area contributed by atoms with Crippen LogP contribution < -0.4 is 18.1 Å². The molecule has 14 heavy (non-hydrogen) atoms. The van der Waals surface area contributed by atoms with Crippen LogP contribution >= 0.6 is 0 Å². The highest BCUT2D eigenvalue weighted by Crippen LogP contribution is 2.10. The summed E-state index contributed by atoms with van der Waals surface area (Å²) in [5, 5.41) is 0. The molecule has 0 heterocycles. The highest BCUT2D eigenvalue weighted by atomic mass is 35.5. The van der Waals surface area contributed by atoms with E-state index in [1.165, 1.54) is 0 Å². The number of halogens is 1. The van der Waals surface area contributed by atoms with Gasteiger partial charge in [0, 0.05) is 12.0 Å². The van der Waals surface area contributed by atoms with Gasteiger partial charge in [0.05, 0.1) is 21.1 Å². The lowest BCUT2D eigenvalue weighted by Crippen LogP contribution is -3.00. The number of quaternary nitrogens is 1. The quantitative estimate of drug-likeness (QED) is 0.429. The number of hydrogen-bond donors (Lipinski definition) is 1. The second-order valence-corrected chi connectivity index (χ2v) is 4.31. The Kier molecular flexibility index (Phi) is 6.86. The molecule has 0 aromatic rings. The predicted octanol–water partition coefficient (Wildman–Crippen LogP) is -2.09. The van der Waals surface area contributed by atoms with Crippen LogP contribution in [0.15, 0.2) is 11.6 Å². The number of nitrogens with two attached hydrogens (primary N) is 1. The summed E-state index contributed by atoms with van der Waals surface area (Å²) in [7, 11) is 6.33. The summed E-state index contributed by atoms with van der Waals surface area (Å²) >= 11 is 0. The molecule has 0 aliphatic carbocycles. The maximum absolute atomic E-state index is 10.8. The molecule has 0 radical (unpaired) electrons. The molecule has 1 atom stereocenters. The lowest BCUT2D eigenvalue weighted by atomic mass is 10.1. The van der Waals surface area contributed by atoms with E-state index in [2.05, 4.69) is 28.1 Å². The van der Waals surface area contributed by atoms with E-state index >= 15 is 0 Å². The molecule has 0 spiro atoms. The molecule has 4 heteroatoms. The van der Waals surface area contributed by atoms with Gasteiger partial charge in [-0.05, 0) is 13.0 Å². The van der Waals surface area contributed by atoms with Gasteiger partial charge in [0.2, 0.25) is 5.91 Å². The minimum absolute atomic E-state index is 0. The monoisotopic (exact) mass is 220 g/mol. The number of amides is 1. The van der Waals surface area contributed by atoms with Gasteiger partial charge in [-0.1, -0.05) is 6.92 Å². The molecule has 84 valence electrons. The summed E-state index contributed by atoms with van der Waals surface area (Å²) in [6.07, 6.45) is 2.97. The van der Waals surface area contributed by atoms with Crippen LogP contribution in [0.4, 0.5) is 0 Å². The Balaban J connectivity index is 0. The Bertz CT molecular complexity index is 219. The Morgan fingerprint density at radius 1 is 1.43 bits per heavy atom. The Morgan fingerprint density at radius 3 is 2.07 bits per heavy atom. The topological polar surface area (TPSA) is 43.1 Å². The number of primary amides is 1. The number of rotatable bonds is 4. The van der Waals surface area contributed by atoms with Gasteiger partial charge in [-0.2, -0.15) is 0 Å². The van der Waals surface area contributed by atoms with Crippen LogP contribution in [0, 0.1) is 0 Å². The van der Waals surface area contributed by atoms with Crippen LogP contribution in [-0.4, -0.2) is 37.6 Å². The minimum atomic E-state index is -0.327. The number of hydrogen-bond acceptors (Lipinski definition) is 1. The summed E-state index contributed by atoms with van der Waals surface area (Å²) < 4.78 is 0.821. The third kappa shape index (κ3) is 5.25. The average molecular weight is 221 g/mol. The zero-order valence-electron chi connectivity index (χ0n) is 9.67. The van der Waals surface area contributed by atoms with E-state index < -0.39 is 0 Å². The standard InChI is InChI=1S/C10H20N2O.ClH/c1-6-9(12(3,4)5)7-8(2)10(11)13;/h7,9H,6H2,1-5H3,(H-,11,13);1H. The van der Waals surface area contributed by atoms with Crippen molar-refractivity contribution in [1.82, 2.24) is 0 Å². The molecule has 0 saturated carbocycles. The zero-order chi connectivity index (χ0) is 10.6. The van der Waals surface area contributed by atoms with Crippen LogP contribution in [0.25, 0.3) is 0 Å². The molecule has 1 unspecified atom stereocenters. The van der Waals surface area contributed by atoms with Crippen LogP contribution in [0.5, 0.6) is 0 Å². The van der Waals surface area contributed by atoms with Crippen molar-refractivity contribution >= 4 is 5.91 Å². The summed E-state index contributed by atoms with van der Waals surface area (Å²) in [5.41, 5.74) is 5.82. The minimum Gasteiger partial charge on any atom is -1.00 e. The molecule has 0 aliphatic rings. The van der Waals surface area contributed by atoms with Gasteiger partial charge >= 0.3 is 0 Å². The highest BCUT2D eigenvalue weighted by molar-refractivity contribution is 5.91. The van der Waals surface area contributed by atoms with Crippen molar-refractivity contribution in [3.05, 3.63) is 11.6 Å². The summed E-state index contributed by atoms with van der Waals surface area (Å²) in [4.78, 5) is 10.8. The fraction of sp³-hybridized carbons (Fsp3) is 0.700. The average Bonchev–Trinajstić information content (AvgIpc) is 1.96. The molecule has 1 amide bonds. The van der Waals surface area contributed by atoms with Crippen LogP contribution in [-0.2, 0) is 4.79 Å². The van der Waals surface area contributed by atoms with Crippen molar-refractivity contribution in [2.75, 3.05) is 21.1 Å². The molecular weight excluding hydrogens is 200 g/mol. The molecule has 0 aliphatic heterocycles. The van der Waals surface area contributed by atoms with Gasteiger partial charge in [-0.25, -0.2) is 0 Å². The van der Waals surface area contributed by atoms with Gasteiger partial charge in [0.15, 0.2) is 0 Å². The van der Waals surface area contributed by atoms with E-state index in [1.54, 1.807) is 6.92 Å². The first-order chi connectivity index (χ1) is 5.79. The first-order valence-corrected chi connectivity index (χ1v) is 4.58. The summed E-state index contributed by atoms with van der Waals surface area (Å²) in [6, 6.07) is 0.354. The Hall–Kier alpha value is -0.540. The Morgan fingerprint density at radius 2 is 1.86 bits per heavy atom. The van der Waals surface area contributed by atoms with Gasteiger partial charge < -0.3 is 22.6 Å². The van der Waals surface area contributed by atoms with Crippen molar-refractivity contribution in [3.8, 4) is 0 Å². The molecule has 0 bridgehead atoms. The van der Waals surface area contributed by atoms with Gasteiger partial charge in [0.25, 0.3) is 0 Å². The fourth-order valence-electron chi connectivity index (χ4n) is 1.26. The van der Waals surface area contributed by atoms with E-state index in [9.17, 15) is 4.79 Å². The van der Waals surface area contributed by atoms with Crippen molar-refractivity contribution in [2.24, 2.45) is 5.73 Å². The molecule has 2 N–H and O–H groups in total. The normalized spacial score (nSPS) is 14.5. The van der Waals surface area contributed by atoms with Crippen molar-refractivity contribution in [3.63, 3.8) is 0 Å². The fourth-order valence-corrected chi connectivity index (χ4v) is 1.26. The smallest absolute Gasteiger partial charge is 0.244 e. The molecule has 0 saturated heterocycles.